The topological polar surface area (TPSA) is 84.9 Å². The number of benzene rings is 1. The maximum atomic E-state index is 13.1. The van der Waals surface area contributed by atoms with Gasteiger partial charge in [-0.15, -0.1) is 0 Å². The van der Waals surface area contributed by atoms with Gasteiger partial charge in [-0.1, -0.05) is 12.1 Å². The minimum absolute atomic E-state index is 0.0469. The van der Waals surface area contributed by atoms with Gasteiger partial charge in [-0.25, -0.2) is 13.1 Å². The van der Waals surface area contributed by atoms with Crippen LogP contribution in [0.3, 0.4) is 0 Å². The van der Waals surface area contributed by atoms with E-state index in [4.69, 9.17) is 9.47 Å². The summed E-state index contributed by atoms with van der Waals surface area (Å²) in [6.07, 6.45) is 6.73. The van der Waals surface area contributed by atoms with E-state index >= 15 is 0 Å². The van der Waals surface area contributed by atoms with Crippen molar-refractivity contribution in [3.05, 3.63) is 29.3 Å². The van der Waals surface area contributed by atoms with Gasteiger partial charge in [-0.3, -0.25) is 4.79 Å². The van der Waals surface area contributed by atoms with Crippen molar-refractivity contribution in [2.45, 2.75) is 69.6 Å². The lowest BCUT2D eigenvalue weighted by Crippen LogP contribution is -2.59. The molecule has 1 N–H and O–H groups in total. The quantitative estimate of drug-likeness (QED) is 0.769. The molecule has 0 spiro atoms. The second kappa shape index (κ2) is 8.85. The zero-order valence-corrected chi connectivity index (χ0v) is 18.6. The van der Waals surface area contributed by atoms with E-state index < -0.39 is 10.0 Å². The minimum atomic E-state index is -3.38. The van der Waals surface area contributed by atoms with Crippen molar-refractivity contribution < 1.29 is 22.7 Å². The zero-order chi connectivity index (χ0) is 21.3. The van der Waals surface area contributed by atoms with Crippen LogP contribution in [0.15, 0.2) is 18.2 Å². The van der Waals surface area contributed by atoms with Crippen LogP contribution in [0.2, 0.25) is 0 Å². The molecule has 1 saturated carbocycles. The van der Waals surface area contributed by atoms with E-state index in [1.54, 1.807) is 4.90 Å². The third kappa shape index (κ3) is 4.81. The lowest BCUT2D eigenvalue weighted by molar-refractivity contribution is -0.140. The molecule has 7 nitrogen and oxygen atoms in total. The van der Waals surface area contributed by atoms with E-state index in [0.29, 0.717) is 25.5 Å². The molecule has 4 aliphatic rings. The second-order valence-corrected chi connectivity index (χ2v) is 10.7. The van der Waals surface area contributed by atoms with Gasteiger partial charge in [-0.05, 0) is 63.0 Å². The molecule has 0 unspecified atom stereocenters. The molecular formula is C22H32N2O5S. The molecule has 30 heavy (non-hydrogen) atoms. The number of carbonyl (C=O) groups excluding carboxylic acids is 1. The number of hydrogen-bond donors (Lipinski definition) is 1. The third-order valence-corrected chi connectivity index (χ3v) is 7.42. The Balaban J connectivity index is 1.63. The summed E-state index contributed by atoms with van der Waals surface area (Å²) in [5, 5.41) is 0. The minimum Gasteiger partial charge on any atom is -0.483 e. The molecule has 166 valence electrons. The fourth-order valence-electron chi connectivity index (χ4n) is 5.26. The van der Waals surface area contributed by atoms with Crippen molar-refractivity contribution in [2.24, 2.45) is 0 Å². The van der Waals surface area contributed by atoms with E-state index in [9.17, 15) is 13.2 Å². The number of nitrogens with one attached hydrogen (secondary N) is 1. The van der Waals surface area contributed by atoms with Crippen molar-refractivity contribution in [3.8, 4) is 5.75 Å². The first kappa shape index (κ1) is 21.6. The molecule has 3 aliphatic heterocycles. The van der Waals surface area contributed by atoms with E-state index in [-0.39, 0.29) is 30.7 Å². The standard InChI is InChI=1S/C22H32N2O5S/c1-15-5-3-7-20-22(15)16-8-10-17(11-9-16)28-13-19-18(23-30(2,26)27)6-4-12-24(19)21(25)14-29-20/h3,5,7,16-19,23H,4,6,8-14H2,1-2H3/t16?,17?,18-,19-/m0/s1. The Morgan fingerprint density at radius 2 is 1.90 bits per heavy atom. The van der Waals surface area contributed by atoms with E-state index in [0.717, 1.165) is 44.1 Å². The summed E-state index contributed by atoms with van der Waals surface area (Å²) in [5.74, 6) is 1.09. The molecule has 1 saturated heterocycles. The van der Waals surface area contributed by atoms with Crippen molar-refractivity contribution in [3.63, 3.8) is 0 Å². The Bertz CT molecular complexity index is 880. The van der Waals surface area contributed by atoms with Crippen LogP contribution in [-0.2, 0) is 19.6 Å². The first-order valence-electron chi connectivity index (χ1n) is 10.9. The smallest absolute Gasteiger partial charge is 0.260 e. The summed E-state index contributed by atoms with van der Waals surface area (Å²) in [5.41, 5.74) is 2.42. The molecule has 2 bridgehead atoms. The Morgan fingerprint density at radius 1 is 1.13 bits per heavy atom. The van der Waals surface area contributed by atoms with E-state index in [1.807, 2.05) is 12.1 Å². The van der Waals surface area contributed by atoms with Crippen LogP contribution in [0.4, 0.5) is 0 Å². The van der Waals surface area contributed by atoms with Crippen molar-refractivity contribution in [2.75, 3.05) is 26.0 Å². The molecule has 1 aliphatic carbocycles. The molecule has 8 heteroatoms. The maximum Gasteiger partial charge on any atom is 0.260 e. The summed E-state index contributed by atoms with van der Waals surface area (Å²) in [6.45, 7) is 2.99. The van der Waals surface area contributed by atoms with Gasteiger partial charge >= 0.3 is 0 Å². The molecule has 1 amide bonds. The maximum absolute atomic E-state index is 13.1. The van der Waals surface area contributed by atoms with Gasteiger partial charge in [0.05, 0.1) is 25.0 Å². The first-order chi connectivity index (χ1) is 14.3. The van der Waals surface area contributed by atoms with Gasteiger partial charge in [0.2, 0.25) is 10.0 Å². The summed E-state index contributed by atoms with van der Waals surface area (Å²) in [6, 6.07) is 5.38. The molecule has 2 atom stereocenters. The largest absolute Gasteiger partial charge is 0.483 e. The first-order valence-corrected chi connectivity index (χ1v) is 12.8. The zero-order valence-electron chi connectivity index (χ0n) is 17.8. The van der Waals surface area contributed by atoms with Gasteiger partial charge < -0.3 is 14.4 Å². The van der Waals surface area contributed by atoms with Crippen molar-refractivity contribution in [1.82, 2.24) is 9.62 Å². The number of nitrogens with zero attached hydrogens (tertiary/aromatic N) is 1. The van der Waals surface area contributed by atoms with Crippen LogP contribution < -0.4 is 9.46 Å². The number of hydrogen-bond acceptors (Lipinski definition) is 5. The fourth-order valence-corrected chi connectivity index (χ4v) is 6.09. The summed E-state index contributed by atoms with van der Waals surface area (Å²) >= 11 is 0. The normalized spacial score (nSPS) is 30.3. The van der Waals surface area contributed by atoms with Gasteiger partial charge in [0.15, 0.2) is 6.61 Å². The van der Waals surface area contributed by atoms with Crippen LogP contribution in [0.5, 0.6) is 5.75 Å². The molecule has 0 aromatic heterocycles. The number of ether oxygens (including phenoxy) is 2. The fraction of sp³-hybridized carbons (Fsp3) is 0.682. The molecule has 0 radical (unpaired) electrons. The Kier molecular flexibility index (Phi) is 6.36. The number of piperidine rings is 1. The van der Waals surface area contributed by atoms with Gasteiger partial charge in [-0.2, -0.15) is 0 Å². The molecule has 5 rings (SSSR count). The van der Waals surface area contributed by atoms with Gasteiger partial charge in [0, 0.05) is 18.2 Å². The highest BCUT2D eigenvalue weighted by molar-refractivity contribution is 7.88. The third-order valence-electron chi connectivity index (χ3n) is 6.69. The highest BCUT2D eigenvalue weighted by Gasteiger charge is 2.37. The van der Waals surface area contributed by atoms with E-state index in [2.05, 4.69) is 17.7 Å². The number of rotatable bonds is 2. The molecular weight excluding hydrogens is 404 g/mol. The van der Waals surface area contributed by atoms with Gasteiger partial charge in [0.25, 0.3) is 5.91 Å². The van der Waals surface area contributed by atoms with Crippen LogP contribution in [0.1, 0.15) is 55.6 Å². The monoisotopic (exact) mass is 436 g/mol. The summed E-state index contributed by atoms with van der Waals surface area (Å²) < 4.78 is 38.8. The lowest BCUT2D eigenvalue weighted by Gasteiger charge is -2.41. The average Bonchev–Trinajstić information content (AvgIpc) is 2.71. The Hall–Kier alpha value is -1.64. The van der Waals surface area contributed by atoms with Crippen LogP contribution >= 0.6 is 0 Å². The van der Waals surface area contributed by atoms with Crippen molar-refractivity contribution in [1.29, 1.82) is 0 Å². The Morgan fingerprint density at radius 3 is 2.63 bits per heavy atom. The molecule has 3 heterocycles. The van der Waals surface area contributed by atoms with Crippen LogP contribution in [-0.4, -0.2) is 63.4 Å². The average molecular weight is 437 g/mol. The van der Waals surface area contributed by atoms with Gasteiger partial charge in [0.1, 0.15) is 5.75 Å². The van der Waals surface area contributed by atoms with Crippen LogP contribution in [0, 0.1) is 6.92 Å². The number of aryl methyl sites for hydroxylation is 1. The molecule has 1 aromatic carbocycles. The summed E-state index contributed by atoms with van der Waals surface area (Å²) in [7, 11) is -3.38. The number of fused-ring (bicyclic) bond motifs is 5. The SMILES string of the molecule is Cc1cccc2c1C1CCC(CC1)OC[C@H]1[C@@H](NS(C)(=O)=O)CCCN1C(=O)CO2. The predicted octanol–water partition coefficient (Wildman–Crippen LogP) is 2.34. The molecule has 1 aromatic rings. The predicted molar refractivity (Wildman–Crippen MR) is 114 cm³/mol. The second-order valence-electron chi connectivity index (χ2n) is 8.88. The van der Waals surface area contributed by atoms with Crippen molar-refractivity contribution >= 4 is 15.9 Å². The van der Waals surface area contributed by atoms with Crippen LogP contribution in [0.25, 0.3) is 0 Å². The lowest BCUT2D eigenvalue weighted by atomic mass is 9.80. The number of amides is 1. The Labute approximate surface area is 179 Å². The number of sulfonamides is 1. The highest BCUT2D eigenvalue weighted by Crippen LogP contribution is 2.40. The van der Waals surface area contributed by atoms with E-state index in [1.165, 1.54) is 11.1 Å². The highest BCUT2D eigenvalue weighted by atomic mass is 32.2. The molecule has 2 fully saturated rings. The summed E-state index contributed by atoms with van der Waals surface area (Å²) in [4.78, 5) is 14.9. The number of carbonyl (C=O) groups is 1.